The third-order valence-corrected chi connectivity index (χ3v) is 7.03. The van der Waals surface area contributed by atoms with Gasteiger partial charge in [-0.2, -0.15) is 0 Å². The fraction of sp³-hybridized carbons (Fsp3) is 0.375. The Balaban J connectivity index is 1.62. The van der Waals surface area contributed by atoms with E-state index in [1.54, 1.807) is 23.9 Å². The Labute approximate surface area is 197 Å². The summed E-state index contributed by atoms with van der Waals surface area (Å²) in [6.07, 6.45) is 5.75. The first-order valence-electron chi connectivity index (χ1n) is 11.0. The lowest BCUT2D eigenvalue weighted by Gasteiger charge is -2.19. The second kappa shape index (κ2) is 10.4. The normalized spacial score (nSPS) is 14.9. The summed E-state index contributed by atoms with van der Waals surface area (Å²) >= 11 is 1.36. The molecular formula is C24H29N5O3S. The zero-order valence-corrected chi connectivity index (χ0v) is 19.9. The van der Waals surface area contributed by atoms with Crippen LogP contribution in [0.25, 0.3) is 0 Å². The number of carbonyl (C=O) groups is 1. The van der Waals surface area contributed by atoms with E-state index in [1.165, 1.54) is 37.3 Å². The smallest absolute Gasteiger partial charge is 0.256 e. The Kier molecular flexibility index (Phi) is 7.32. The minimum Gasteiger partial charge on any atom is -0.389 e. The second-order valence-electron chi connectivity index (χ2n) is 8.30. The Morgan fingerprint density at radius 2 is 1.97 bits per heavy atom. The Morgan fingerprint density at radius 3 is 2.64 bits per heavy atom. The van der Waals surface area contributed by atoms with Crippen molar-refractivity contribution in [2.75, 3.05) is 17.9 Å². The standard InChI is InChI=1S/C24H29N5O3S/c1-15(30)20-12-17(8-10-19(20)16-6-4-5-7-16)26-23(31)21-13-18(28-32-3)9-11-22(21)33-24-27-25-14-29(24)2/h8-16,28,30H,4-7H2,1-3H3,(H,26,31). The molecule has 1 fully saturated rings. The summed E-state index contributed by atoms with van der Waals surface area (Å²) in [6.45, 7) is 1.77. The van der Waals surface area contributed by atoms with E-state index in [-0.39, 0.29) is 5.91 Å². The molecule has 0 radical (unpaired) electrons. The van der Waals surface area contributed by atoms with Crippen LogP contribution in [0.1, 0.15) is 66.1 Å². The number of hydrogen-bond acceptors (Lipinski definition) is 7. The number of hydrogen-bond donors (Lipinski definition) is 3. The van der Waals surface area contributed by atoms with Crippen molar-refractivity contribution in [1.29, 1.82) is 0 Å². The highest BCUT2D eigenvalue weighted by Crippen LogP contribution is 2.38. The van der Waals surface area contributed by atoms with E-state index in [0.717, 1.165) is 23.3 Å². The summed E-state index contributed by atoms with van der Waals surface area (Å²) in [6, 6.07) is 11.3. The molecule has 2 aromatic carbocycles. The molecule has 1 aromatic heterocycles. The fourth-order valence-electron chi connectivity index (χ4n) is 4.26. The molecule has 3 N–H and O–H groups in total. The molecule has 3 aromatic rings. The molecule has 1 atom stereocenters. The first kappa shape index (κ1) is 23.3. The van der Waals surface area contributed by atoms with E-state index in [2.05, 4.69) is 21.0 Å². The quantitative estimate of drug-likeness (QED) is 0.405. The molecule has 1 unspecified atom stereocenters. The predicted molar refractivity (Wildman–Crippen MR) is 128 cm³/mol. The molecule has 1 aliphatic carbocycles. The van der Waals surface area contributed by atoms with Gasteiger partial charge in [-0.3, -0.25) is 15.1 Å². The van der Waals surface area contributed by atoms with Gasteiger partial charge < -0.3 is 15.0 Å². The van der Waals surface area contributed by atoms with Crippen molar-refractivity contribution in [3.05, 3.63) is 59.4 Å². The van der Waals surface area contributed by atoms with Crippen molar-refractivity contribution in [2.45, 2.75) is 54.7 Å². The second-order valence-corrected chi connectivity index (χ2v) is 9.31. The van der Waals surface area contributed by atoms with Gasteiger partial charge in [0.2, 0.25) is 0 Å². The Morgan fingerprint density at radius 1 is 1.21 bits per heavy atom. The van der Waals surface area contributed by atoms with Gasteiger partial charge in [0, 0.05) is 17.6 Å². The summed E-state index contributed by atoms with van der Waals surface area (Å²) in [5, 5.41) is 22.1. The zero-order chi connectivity index (χ0) is 23.4. The number of amides is 1. The molecule has 0 bridgehead atoms. The molecule has 1 saturated carbocycles. The number of aliphatic hydroxyl groups excluding tert-OH is 1. The van der Waals surface area contributed by atoms with Crippen molar-refractivity contribution in [1.82, 2.24) is 14.8 Å². The van der Waals surface area contributed by atoms with Crippen LogP contribution >= 0.6 is 11.8 Å². The molecule has 174 valence electrons. The van der Waals surface area contributed by atoms with Crippen LogP contribution in [0.4, 0.5) is 11.4 Å². The molecular weight excluding hydrogens is 438 g/mol. The van der Waals surface area contributed by atoms with Gasteiger partial charge in [-0.1, -0.05) is 18.9 Å². The number of aromatic nitrogens is 3. The average molecular weight is 468 g/mol. The van der Waals surface area contributed by atoms with Gasteiger partial charge in [-0.15, -0.1) is 10.2 Å². The van der Waals surface area contributed by atoms with Gasteiger partial charge in [0.15, 0.2) is 5.16 Å². The minimum atomic E-state index is -0.603. The Bertz CT molecular complexity index is 1130. The van der Waals surface area contributed by atoms with Crippen LogP contribution in [0.5, 0.6) is 0 Å². The van der Waals surface area contributed by atoms with Crippen LogP contribution in [0.2, 0.25) is 0 Å². The number of nitrogens with zero attached hydrogens (tertiary/aromatic N) is 3. The van der Waals surface area contributed by atoms with Crippen LogP contribution in [0.3, 0.4) is 0 Å². The molecule has 4 rings (SSSR count). The first-order valence-corrected chi connectivity index (χ1v) is 11.9. The van der Waals surface area contributed by atoms with E-state index < -0.39 is 6.10 Å². The van der Waals surface area contributed by atoms with E-state index in [1.807, 2.05) is 37.4 Å². The van der Waals surface area contributed by atoms with Crippen LogP contribution in [-0.2, 0) is 11.9 Å². The maximum atomic E-state index is 13.3. The number of nitrogens with one attached hydrogen (secondary N) is 2. The van der Waals surface area contributed by atoms with E-state index in [9.17, 15) is 9.90 Å². The number of anilines is 2. The van der Waals surface area contributed by atoms with Gasteiger partial charge in [-0.05, 0) is 78.9 Å². The fourth-order valence-corrected chi connectivity index (χ4v) is 5.14. The molecule has 0 aliphatic heterocycles. The lowest BCUT2D eigenvalue weighted by molar-refractivity contribution is 0.102. The van der Waals surface area contributed by atoms with Crippen LogP contribution in [0.15, 0.2) is 52.8 Å². The molecule has 8 nitrogen and oxygen atoms in total. The van der Waals surface area contributed by atoms with Crippen molar-refractivity contribution in [3.63, 3.8) is 0 Å². The van der Waals surface area contributed by atoms with Crippen molar-refractivity contribution in [3.8, 4) is 0 Å². The lowest BCUT2D eigenvalue weighted by atomic mass is 9.90. The van der Waals surface area contributed by atoms with Gasteiger partial charge >= 0.3 is 0 Å². The third kappa shape index (κ3) is 5.38. The van der Waals surface area contributed by atoms with E-state index >= 15 is 0 Å². The van der Waals surface area contributed by atoms with E-state index in [4.69, 9.17) is 4.84 Å². The maximum Gasteiger partial charge on any atom is 0.256 e. The number of aryl methyl sites for hydroxylation is 1. The highest BCUT2D eigenvalue weighted by atomic mass is 32.2. The molecule has 1 amide bonds. The monoisotopic (exact) mass is 467 g/mol. The average Bonchev–Trinajstić information content (AvgIpc) is 3.47. The lowest BCUT2D eigenvalue weighted by Crippen LogP contribution is -2.14. The van der Waals surface area contributed by atoms with Crippen LogP contribution in [0, 0.1) is 0 Å². The molecule has 1 aliphatic rings. The molecule has 1 heterocycles. The first-order chi connectivity index (χ1) is 16.0. The number of benzene rings is 2. The summed E-state index contributed by atoms with van der Waals surface area (Å²) in [5.74, 6) is 0.218. The SMILES string of the molecule is CONc1ccc(Sc2nncn2C)c(C(=O)Nc2ccc(C3CCCC3)c(C(C)O)c2)c1. The van der Waals surface area contributed by atoms with Gasteiger partial charge in [0.1, 0.15) is 6.33 Å². The zero-order valence-electron chi connectivity index (χ0n) is 19.0. The van der Waals surface area contributed by atoms with Gasteiger partial charge in [0.25, 0.3) is 5.91 Å². The summed E-state index contributed by atoms with van der Waals surface area (Å²) in [7, 11) is 3.37. The Hall–Kier alpha value is -2.88. The topological polar surface area (TPSA) is 101 Å². The van der Waals surface area contributed by atoms with Crippen LogP contribution in [-0.4, -0.2) is 32.9 Å². The number of rotatable bonds is 8. The predicted octanol–water partition coefficient (Wildman–Crippen LogP) is 4.90. The number of aliphatic hydroxyl groups is 1. The largest absolute Gasteiger partial charge is 0.389 e. The van der Waals surface area contributed by atoms with Crippen molar-refractivity contribution < 1.29 is 14.7 Å². The number of carbonyl (C=O) groups excluding carboxylic acids is 1. The summed E-state index contributed by atoms with van der Waals surface area (Å²) in [5.41, 5.74) is 6.62. The minimum absolute atomic E-state index is 0.260. The highest BCUT2D eigenvalue weighted by molar-refractivity contribution is 7.99. The summed E-state index contributed by atoms with van der Waals surface area (Å²) in [4.78, 5) is 19.1. The van der Waals surface area contributed by atoms with E-state index in [0.29, 0.717) is 28.0 Å². The molecule has 0 spiro atoms. The van der Waals surface area contributed by atoms with Gasteiger partial charge in [0.05, 0.1) is 24.5 Å². The summed E-state index contributed by atoms with van der Waals surface area (Å²) < 4.78 is 1.80. The van der Waals surface area contributed by atoms with Crippen molar-refractivity contribution in [2.24, 2.45) is 7.05 Å². The van der Waals surface area contributed by atoms with Crippen molar-refractivity contribution >= 4 is 29.0 Å². The highest BCUT2D eigenvalue weighted by Gasteiger charge is 2.22. The maximum absolute atomic E-state index is 13.3. The molecule has 9 heteroatoms. The molecule has 0 saturated heterocycles. The van der Waals surface area contributed by atoms with Crippen LogP contribution < -0.4 is 10.8 Å². The molecule has 33 heavy (non-hydrogen) atoms. The third-order valence-electron chi connectivity index (χ3n) is 5.90. The van der Waals surface area contributed by atoms with Gasteiger partial charge in [-0.25, -0.2) is 0 Å².